The predicted octanol–water partition coefficient (Wildman–Crippen LogP) is 3.52. The van der Waals surface area contributed by atoms with Crippen molar-refractivity contribution in [2.24, 2.45) is 5.92 Å². The number of aryl methyl sites for hydroxylation is 2. The van der Waals surface area contributed by atoms with Crippen LogP contribution >= 0.6 is 0 Å². The largest absolute Gasteiger partial charge is 0.478 e. The molecule has 0 radical (unpaired) electrons. The highest BCUT2D eigenvalue weighted by molar-refractivity contribution is 5.95. The van der Waals surface area contributed by atoms with Crippen LogP contribution < -0.4 is 0 Å². The van der Waals surface area contributed by atoms with E-state index in [9.17, 15) is 9.90 Å². The number of carboxylic acid groups (broad SMARTS) is 1. The van der Waals surface area contributed by atoms with Gasteiger partial charge in [0.1, 0.15) is 11.3 Å². The first-order chi connectivity index (χ1) is 9.38. The minimum atomic E-state index is -0.935. The molecule has 0 fully saturated rings. The maximum Gasteiger partial charge on any atom is 0.339 e. The van der Waals surface area contributed by atoms with E-state index in [2.05, 4.69) is 18.9 Å². The van der Waals surface area contributed by atoms with Crippen LogP contribution in [0.2, 0.25) is 0 Å². The summed E-state index contributed by atoms with van der Waals surface area (Å²) >= 11 is 0. The zero-order chi connectivity index (χ0) is 14.9. The van der Waals surface area contributed by atoms with Gasteiger partial charge in [-0.1, -0.05) is 37.6 Å². The predicted molar refractivity (Wildman–Crippen MR) is 78.9 cm³/mol. The molecule has 2 aromatic rings. The second-order valence-corrected chi connectivity index (χ2v) is 5.63. The fraction of sp³-hybridized carbons (Fsp3) is 0.375. The van der Waals surface area contributed by atoms with Gasteiger partial charge in [-0.25, -0.2) is 4.79 Å². The fourth-order valence-electron chi connectivity index (χ4n) is 2.32. The van der Waals surface area contributed by atoms with Gasteiger partial charge in [0.2, 0.25) is 0 Å². The van der Waals surface area contributed by atoms with Crippen molar-refractivity contribution in [3.05, 3.63) is 41.1 Å². The quantitative estimate of drug-likeness (QED) is 0.926. The molecule has 1 aromatic carbocycles. The number of nitrogens with zero attached hydrogens (tertiary/aromatic N) is 2. The topological polar surface area (TPSA) is 55.1 Å². The van der Waals surface area contributed by atoms with Gasteiger partial charge in [0.15, 0.2) is 0 Å². The Morgan fingerprint density at radius 3 is 2.60 bits per heavy atom. The van der Waals surface area contributed by atoms with Crippen molar-refractivity contribution in [3.63, 3.8) is 0 Å². The summed E-state index contributed by atoms with van der Waals surface area (Å²) in [4.78, 5) is 11.4. The first-order valence-electron chi connectivity index (χ1n) is 6.77. The van der Waals surface area contributed by atoms with Crippen LogP contribution in [0.4, 0.5) is 0 Å². The zero-order valence-corrected chi connectivity index (χ0v) is 12.3. The van der Waals surface area contributed by atoms with Crippen molar-refractivity contribution in [2.75, 3.05) is 0 Å². The molecule has 0 unspecified atom stereocenters. The van der Waals surface area contributed by atoms with Crippen LogP contribution in [-0.4, -0.2) is 20.9 Å². The molecule has 1 N–H and O–H groups in total. The lowest BCUT2D eigenvalue weighted by Gasteiger charge is -2.06. The number of carbonyl (C=O) groups is 1. The van der Waals surface area contributed by atoms with Gasteiger partial charge in [0.05, 0.1) is 0 Å². The van der Waals surface area contributed by atoms with E-state index in [1.165, 1.54) is 0 Å². The van der Waals surface area contributed by atoms with Gasteiger partial charge in [0, 0.05) is 18.3 Å². The summed E-state index contributed by atoms with van der Waals surface area (Å²) < 4.78 is 1.72. The van der Waals surface area contributed by atoms with Crippen molar-refractivity contribution >= 4 is 5.97 Å². The van der Waals surface area contributed by atoms with Crippen LogP contribution in [0.5, 0.6) is 0 Å². The van der Waals surface area contributed by atoms with Crippen LogP contribution in [0.25, 0.3) is 11.3 Å². The molecule has 106 valence electrons. The minimum Gasteiger partial charge on any atom is -0.478 e. The number of hydrogen-bond acceptors (Lipinski definition) is 2. The van der Waals surface area contributed by atoms with Crippen LogP contribution in [0, 0.1) is 19.8 Å². The lowest BCUT2D eigenvalue weighted by atomic mass is 10.0. The van der Waals surface area contributed by atoms with Gasteiger partial charge < -0.3 is 5.11 Å². The van der Waals surface area contributed by atoms with Gasteiger partial charge in [-0.05, 0) is 25.3 Å². The Bertz CT molecular complexity index is 642. The number of carboxylic acids is 1. The Kier molecular flexibility index (Phi) is 3.93. The van der Waals surface area contributed by atoms with E-state index < -0.39 is 5.97 Å². The summed E-state index contributed by atoms with van der Waals surface area (Å²) in [5, 5.41) is 13.8. The Morgan fingerprint density at radius 1 is 1.35 bits per heavy atom. The first kappa shape index (κ1) is 14.3. The van der Waals surface area contributed by atoms with Crippen LogP contribution in [0.15, 0.2) is 24.4 Å². The third-order valence-electron chi connectivity index (χ3n) is 3.18. The monoisotopic (exact) mass is 272 g/mol. The van der Waals surface area contributed by atoms with Gasteiger partial charge in [-0.15, -0.1) is 0 Å². The molecule has 4 heteroatoms. The molecule has 4 nitrogen and oxygen atoms in total. The molecule has 0 saturated carbocycles. The van der Waals surface area contributed by atoms with Crippen molar-refractivity contribution < 1.29 is 9.90 Å². The third kappa shape index (κ3) is 2.90. The highest BCUT2D eigenvalue weighted by Crippen LogP contribution is 2.26. The highest BCUT2D eigenvalue weighted by atomic mass is 16.4. The summed E-state index contributed by atoms with van der Waals surface area (Å²) in [6.07, 6.45) is 1.62. The van der Waals surface area contributed by atoms with E-state index in [-0.39, 0.29) is 5.56 Å². The van der Waals surface area contributed by atoms with Crippen molar-refractivity contribution in [1.82, 2.24) is 9.78 Å². The standard InChI is InChI=1S/C16H20N2O2/c1-10(2)8-18-9-14(16(19)20)15(17-18)13-6-5-11(3)7-12(13)4/h5-7,9-10H,8H2,1-4H3,(H,19,20). The summed E-state index contributed by atoms with van der Waals surface area (Å²) in [5.41, 5.74) is 3.90. The summed E-state index contributed by atoms with van der Waals surface area (Å²) in [6.45, 7) is 8.88. The molecule has 20 heavy (non-hydrogen) atoms. The summed E-state index contributed by atoms with van der Waals surface area (Å²) in [7, 11) is 0. The molecule has 0 saturated heterocycles. The normalized spacial score (nSPS) is 11.1. The Balaban J connectivity index is 2.54. The average molecular weight is 272 g/mol. The van der Waals surface area contributed by atoms with Crippen molar-refractivity contribution in [2.45, 2.75) is 34.2 Å². The molecular formula is C16H20N2O2. The van der Waals surface area contributed by atoms with Crippen LogP contribution in [0.1, 0.15) is 35.3 Å². The molecule has 2 rings (SSSR count). The molecule has 1 aromatic heterocycles. The van der Waals surface area contributed by atoms with Crippen molar-refractivity contribution in [3.8, 4) is 11.3 Å². The second kappa shape index (κ2) is 5.49. The maximum absolute atomic E-state index is 11.4. The van der Waals surface area contributed by atoms with E-state index in [1.54, 1.807) is 10.9 Å². The highest BCUT2D eigenvalue weighted by Gasteiger charge is 2.18. The van der Waals surface area contributed by atoms with Gasteiger partial charge in [0.25, 0.3) is 0 Å². The molecule has 0 bridgehead atoms. The van der Waals surface area contributed by atoms with Gasteiger partial charge >= 0.3 is 5.97 Å². The SMILES string of the molecule is Cc1ccc(-c2nn(CC(C)C)cc2C(=O)O)c(C)c1. The molecule has 0 aliphatic rings. The van der Waals surface area contributed by atoms with E-state index >= 15 is 0 Å². The minimum absolute atomic E-state index is 0.262. The third-order valence-corrected chi connectivity index (χ3v) is 3.18. The molecule has 1 heterocycles. The summed E-state index contributed by atoms with van der Waals surface area (Å²) in [6, 6.07) is 5.97. The Labute approximate surface area is 119 Å². The molecule has 0 aliphatic carbocycles. The van der Waals surface area contributed by atoms with E-state index in [1.807, 2.05) is 32.0 Å². The fourth-order valence-corrected chi connectivity index (χ4v) is 2.32. The first-order valence-corrected chi connectivity index (χ1v) is 6.77. The van der Waals surface area contributed by atoms with Crippen LogP contribution in [0.3, 0.4) is 0 Å². The Morgan fingerprint density at radius 2 is 2.05 bits per heavy atom. The molecule has 0 aliphatic heterocycles. The van der Waals surface area contributed by atoms with E-state index in [4.69, 9.17) is 0 Å². The smallest absolute Gasteiger partial charge is 0.339 e. The number of rotatable bonds is 4. The maximum atomic E-state index is 11.4. The average Bonchev–Trinajstić information content (AvgIpc) is 2.71. The molecule has 0 spiro atoms. The molecular weight excluding hydrogens is 252 g/mol. The molecule has 0 amide bonds. The van der Waals surface area contributed by atoms with Crippen molar-refractivity contribution in [1.29, 1.82) is 0 Å². The summed E-state index contributed by atoms with van der Waals surface area (Å²) in [5.74, 6) is -0.515. The second-order valence-electron chi connectivity index (χ2n) is 5.63. The van der Waals surface area contributed by atoms with Crippen LogP contribution in [-0.2, 0) is 6.54 Å². The number of aromatic nitrogens is 2. The number of benzene rings is 1. The molecule has 0 atom stereocenters. The van der Waals surface area contributed by atoms with Gasteiger partial charge in [-0.2, -0.15) is 5.10 Å². The van der Waals surface area contributed by atoms with Gasteiger partial charge in [-0.3, -0.25) is 4.68 Å². The lowest BCUT2D eigenvalue weighted by Crippen LogP contribution is -2.04. The number of hydrogen-bond donors (Lipinski definition) is 1. The number of aromatic carboxylic acids is 1. The lowest BCUT2D eigenvalue weighted by molar-refractivity contribution is 0.0697. The Hall–Kier alpha value is -2.10. The zero-order valence-electron chi connectivity index (χ0n) is 12.3. The van der Waals surface area contributed by atoms with E-state index in [0.29, 0.717) is 18.2 Å². The van der Waals surface area contributed by atoms with E-state index in [0.717, 1.165) is 16.7 Å².